The van der Waals surface area contributed by atoms with Crippen LogP contribution in [0, 0.1) is 11.6 Å². The molecule has 3 N–H and O–H groups in total. The second kappa shape index (κ2) is 4.84. The van der Waals surface area contributed by atoms with Gasteiger partial charge in [0.05, 0.1) is 6.04 Å². The topological polar surface area (TPSA) is 55.1 Å². The monoisotopic (exact) mass is 214 g/mol. The molecule has 0 fully saturated rings. The van der Waals surface area contributed by atoms with E-state index in [2.05, 4.69) is 5.32 Å². The van der Waals surface area contributed by atoms with Crippen LogP contribution in [0.1, 0.15) is 12.5 Å². The highest BCUT2D eigenvalue weighted by atomic mass is 19.2. The summed E-state index contributed by atoms with van der Waals surface area (Å²) in [7, 11) is 0. The molecule has 0 unspecified atom stereocenters. The van der Waals surface area contributed by atoms with E-state index in [1.165, 1.54) is 6.07 Å². The predicted molar refractivity (Wildman–Crippen MR) is 51.9 cm³/mol. The SMILES string of the molecule is C[C@H](N)C(=O)NCc1ccc(F)c(F)c1. The molecule has 1 aromatic carbocycles. The Balaban J connectivity index is 2.58. The summed E-state index contributed by atoms with van der Waals surface area (Å²) in [6.45, 7) is 1.68. The molecular weight excluding hydrogens is 202 g/mol. The van der Waals surface area contributed by atoms with Gasteiger partial charge in [0, 0.05) is 6.54 Å². The van der Waals surface area contributed by atoms with Crippen molar-refractivity contribution in [3.05, 3.63) is 35.4 Å². The summed E-state index contributed by atoms with van der Waals surface area (Å²) >= 11 is 0. The molecule has 0 aliphatic carbocycles. The van der Waals surface area contributed by atoms with Crippen LogP contribution < -0.4 is 11.1 Å². The minimum atomic E-state index is -0.928. The van der Waals surface area contributed by atoms with Crippen molar-refractivity contribution >= 4 is 5.91 Å². The lowest BCUT2D eigenvalue weighted by Gasteiger charge is -2.07. The Morgan fingerprint density at radius 1 is 1.47 bits per heavy atom. The van der Waals surface area contributed by atoms with E-state index in [1.54, 1.807) is 6.92 Å². The Hall–Kier alpha value is -1.49. The summed E-state index contributed by atoms with van der Waals surface area (Å²) in [5.74, 6) is -2.17. The summed E-state index contributed by atoms with van der Waals surface area (Å²) in [6.07, 6.45) is 0. The molecule has 0 saturated carbocycles. The Bertz CT molecular complexity index is 366. The van der Waals surface area contributed by atoms with Gasteiger partial charge >= 0.3 is 0 Å². The van der Waals surface area contributed by atoms with E-state index < -0.39 is 17.7 Å². The first-order valence-corrected chi connectivity index (χ1v) is 4.48. The van der Waals surface area contributed by atoms with E-state index in [4.69, 9.17) is 5.73 Å². The zero-order valence-electron chi connectivity index (χ0n) is 8.26. The van der Waals surface area contributed by atoms with Crippen LogP contribution in [-0.4, -0.2) is 11.9 Å². The zero-order valence-corrected chi connectivity index (χ0v) is 8.26. The molecule has 0 heterocycles. The molecule has 0 spiro atoms. The normalized spacial score (nSPS) is 12.3. The first-order chi connectivity index (χ1) is 7.00. The second-order valence-electron chi connectivity index (χ2n) is 3.25. The van der Waals surface area contributed by atoms with Crippen molar-refractivity contribution in [2.45, 2.75) is 19.5 Å². The second-order valence-corrected chi connectivity index (χ2v) is 3.25. The lowest BCUT2D eigenvalue weighted by atomic mass is 10.2. The van der Waals surface area contributed by atoms with Crippen molar-refractivity contribution in [3.63, 3.8) is 0 Å². The van der Waals surface area contributed by atoms with E-state index >= 15 is 0 Å². The van der Waals surface area contributed by atoms with Crippen LogP contribution in [0.5, 0.6) is 0 Å². The van der Waals surface area contributed by atoms with E-state index in [9.17, 15) is 13.6 Å². The largest absolute Gasteiger partial charge is 0.351 e. The minimum Gasteiger partial charge on any atom is -0.351 e. The predicted octanol–water partition coefficient (Wildman–Crippen LogP) is 0.928. The highest BCUT2D eigenvalue weighted by Gasteiger charge is 2.07. The molecule has 5 heteroatoms. The Kier molecular flexibility index (Phi) is 3.74. The average Bonchev–Trinajstić information content (AvgIpc) is 2.19. The number of hydrogen-bond acceptors (Lipinski definition) is 2. The Labute approximate surface area is 86.3 Å². The van der Waals surface area contributed by atoms with E-state index in [0.717, 1.165) is 12.1 Å². The number of benzene rings is 1. The van der Waals surface area contributed by atoms with Crippen LogP contribution >= 0.6 is 0 Å². The maximum atomic E-state index is 12.7. The van der Waals surface area contributed by atoms with Gasteiger partial charge in [0.1, 0.15) is 0 Å². The van der Waals surface area contributed by atoms with Gasteiger partial charge in [0.15, 0.2) is 11.6 Å². The van der Waals surface area contributed by atoms with Crippen molar-refractivity contribution in [1.82, 2.24) is 5.32 Å². The van der Waals surface area contributed by atoms with Crippen molar-refractivity contribution in [3.8, 4) is 0 Å². The smallest absolute Gasteiger partial charge is 0.236 e. The summed E-state index contributed by atoms with van der Waals surface area (Å²) in [5.41, 5.74) is 5.80. The molecule has 1 amide bonds. The van der Waals surface area contributed by atoms with Gasteiger partial charge in [0.2, 0.25) is 5.91 Å². The molecule has 1 atom stereocenters. The number of nitrogens with one attached hydrogen (secondary N) is 1. The number of rotatable bonds is 3. The number of amides is 1. The van der Waals surface area contributed by atoms with Crippen LogP contribution in [0.3, 0.4) is 0 Å². The van der Waals surface area contributed by atoms with Gasteiger partial charge in [-0.05, 0) is 24.6 Å². The highest BCUT2D eigenvalue weighted by Crippen LogP contribution is 2.08. The fourth-order valence-electron chi connectivity index (χ4n) is 1.000. The van der Waals surface area contributed by atoms with Crippen LogP contribution in [-0.2, 0) is 11.3 Å². The van der Waals surface area contributed by atoms with Gasteiger partial charge in [0.25, 0.3) is 0 Å². The van der Waals surface area contributed by atoms with Crippen molar-refractivity contribution in [2.75, 3.05) is 0 Å². The Morgan fingerprint density at radius 2 is 2.13 bits per heavy atom. The van der Waals surface area contributed by atoms with Gasteiger partial charge in [-0.1, -0.05) is 6.07 Å². The first kappa shape index (κ1) is 11.6. The fraction of sp³-hybridized carbons (Fsp3) is 0.300. The molecular formula is C10H12F2N2O. The van der Waals surface area contributed by atoms with Crippen molar-refractivity contribution < 1.29 is 13.6 Å². The molecule has 1 aromatic rings. The lowest BCUT2D eigenvalue weighted by molar-refractivity contribution is -0.122. The van der Waals surface area contributed by atoms with E-state index in [-0.39, 0.29) is 12.5 Å². The summed E-state index contributed by atoms with van der Waals surface area (Å²) in [4.78, 5) is 11.1. The maximum absolute atomic E-state index is 12.7. The highest BCUT2D eigenvalue weighted by molar-refractivity contribution is 5.80. The van der Waals surface area contributed by atoms with Gasteiger partial charge < -0.3 is 11.1 Å². The number of halogens is 2. The first-order valence-electron chi connectivity index (χ1n) is 4.48. The molecule has 0 aromatic heterocycles. The van der Waals surface area contributed by atoms with Crippen LogP contribution in [0.4, 0.5) is 8.78 Å². The molecule has 0 aliphatic rings. The Morgan fingerprint density at radius 3 is 2.67 bits per heavy atom. The molecule has 0 bridgehead atoms. The molecule has 15 heavy (non-hydrogen) atoms. The number of carbonyl (C=O) groups excluding carboxylic acids is 1. The van der Waals surface area contributed by atoms with Gasteiger partial charge in [-0.25, -0.2) is 8.78 Å². The summed E-state index contributed by atoms with van der Waals surface area (Å²) < 4.78 is 25.3. The number of hydrogen-bond donors (Lipinski definition) is 2. The lowest BCUT2D eigenvalue weighted by Crippen LogP contribution is -2.37. The van der Waals surface area contributed by atoms with Gasteiger partial charge in [-0.3, -0.25) is 4.79 Å². The third kappa shape index (κ3) is 3.28. The molecule has 82 valence electrons. The quantitative estimate of drug-likeness (QED) is 0.786. The van der Waals surface area contributed by atoms with Crippen LogP contribution in [0.2, 0.25) is 0 Å². The molecule has 3 nitrogen and oxygen atoms in total. The van der Waals surface area contributed by atoms with Crippen molar-refractivity contribution in [1.29, 1.82) is 0 Å². The standard InChI is InChI=1S/C10H12F2N2O/c1-6(13)10(15)14-5-7-2-3-8(11)9(12)4-7/h2-4,6H,5,13H2,1H3,(H,14,15)/t6-/m0/s1. The average molecular weight is 214 g/mol. The fourth-order valence-corrected chi connectivity index (χ4v) is 1.000. The maximum Gasteiger partial charge on any atom is 0.236 e. The summed E-state index contributed by atoms with van der Waals surface area (Å²) in [5, 5.41) is 2.49. The number of nitrogens with two attached hydrogens (primary N) is 1. The van der Waals surface area contributed by atoms with Crippen LogP contribution in [0.15, 0.2) is 18.2 Å². The summed E-state index contributed by atoms with van der Waals surface area (Å²) in [6, 6.07) is 2.84. The van der Waals surface area contributed by atoms with Crippen molar-refractivity contribution in [2.24, 2.45) is 5.73 Å². The third-order valence-corrected chi connectivity index (χ3v) is 1.86. The van der Waals surface area contributed by atoms with Crippen LogP contribution in [0.25, 0.3) is 0 Å². The van der Waals surface area contributed by atoms with Gasteiger partial charge in [-0.2, -0.15) is 0 Å². The molecule has 0 radical (unpaired) electrons. The molecule has 1 rings (SSSR count). The number of carbonyl (C=O) groups is 1. The third-order valence-electron chi connectivity index (χ3n) is 1.86. The van der Waals surface area contributed by atoms with E-state index in [0.29, 0.717) is 5.56 Å². The van der Waals surface area contributed by atoms with E-state index in [1.807, 2.05) is 0 Å². The zero-order chi connectivity index (χ0) is 11.4. The molecule has 0 aliphatic heterocycles. The minimum absolute atomic E-state index is 0.136. The molecule has 0 saturated heterocycles. The van der Waals surface area contributed by atoms with Gasteiger partial charge in [-0.15, -0.1) is 0 Å².